The van der Waals surface area contributed by atoms with E-state index in [1.54, 1.807) is 13.8 Å². The quantitative estimate of drug-likeness (QED) is 0.124. The van der Waals surface area contributed by atoms with Crippen LogP contribution in [-0.4, -0.2) is 76.5 Å². The van der Waals surface area contributed by atoms with Gasteiger partial charge in [0.25, 0.3) is 11.8 Å². The van der Waals surface area contributed by atoms with Crippen molar-refractivity contribution >= 4 is 17.9 Å². The van der Waals surface area contributed by atoms with Gasteiger partial charge in [-0.3, -0.25) is 14.5 Å². The first-order valence-electron chi connectivity index (χ1n) is 17.5. The molecular weight excluding hydrogens is 644 g/mol. The molecule has 0 aromatic heterocycles. The van der Waals surface area contributed by atoms with E-state index in [2.05, 4.69) is 33.0 Å². The number of hydrogen-bond donors (Lipinski definition) is 5. The van der Waals surface area contributed by atoms with E-state index in [9.17, 15) is 24.6 Å². The summed E-state index contributed by atoms with van der Waals surface area (Å²) in [5.74, 6) is -1.78. The van der Waals surface area contributed by atoms with Crippen LogP contribution < -0.4 is 16.0 Å². The van der Waals surface area contributed by atoms with Gasteiger partial charge in [-0.05, 0) is 46.6 Å². The van der Waals surface area contributed by atoms with Crippen molar-refractivity contribution in [2.24, 2.45) is 5.92 Å². The first-order chi connectivity index (χ1) is 24.7. The van der Waals surface area contributed by atoms with Crippen molar-refractivity contribution in [3.8, 4) is 11.1 Å². The zero-order valence-corrected chi connectivity index (χ0v) is 29.2. The molecule has 1 fully saturated rings. The number of amides is 3. The van der Waals surface area contributed by atoms with Crippen molar-refractivity contribution in [3.05, 3.63) is 132 Å². The zero-order valence-electron chi connectivity index (χ0n) is 29.2. The van der Waals surface area contributed by atoms with E-state index in [1.165, 1.54) is 5.56 Å². The fraction of sp³-hybridized carbons (Fsp3) is 0.341. The van der Waals surface area contributed by atoms with E-state index in [-0.39, 0.29) is 19.0 Å². The molecule has 0 spiro atoms. The van der Waals surface area contributed by atoms with Crippen LogP contribution in [0.2, 0.25) is 0 Å². The van der Waals surface area contributed by atoms with Gasteiger partial charge in [-0.1, -0.05) is 129 Å². The van der Waals surface area contributed by atoms with Crippen molar-refractivity contribution in [2.75, 3.05) is 13.1 Å². The van der Waals surface area contributed by atoms with Gasteiger partial charge >= 0.3 is 6.09 Å². The molecule has 4 aromatic rings. The van der Waals surface area contributed by atoms with Crippen LogP contribution in [0.4, 0.5) is 4.79 Å². The maximum Gasteiger partial charge on any atom is 0.408 e. The number of aliphatic hydroxyl groups is 2. The highest BCUT2D eigenvalue weighted by atomic mass is 16.6. The average molecular weight is 693 g/mol. The third kappa shape index (κ3) is 11.0. The summed E-state index contributed by atoms with van der Waals surface area (Å²) in [4.78, 5) is 41.9. The van der Waals surface area contributed by atoms with Crippen molar-refractivity contribution in [1.82, 2.24) is 20.9 Å². The SMILES string of the molecule is CC(C)C(OC(=O)NCc1ccccc1)C(=O)NC(Cc1ccc(-c2ccccc2)cc1)C(O)C(O)C(=O)NC1CCN(Cc2ccccc2)C1. The summed E-state index contributed by atoms with van der Waals surface area (Å²) >= 11 is 0. The molecule has 1 heterocycles. The van der Waals surface area contributed by atoms with Crippen molar-refractivity contribution < 1.29 is 29.3 Å². The van der Waals surface area contributed by atoms with Gasteiger partial charge in [0.05, 0.1) is 6.04 Å². The molecule has 10 heteroatoms. The molecule has 1 saturated heterocycles. The van der Waals surface area contributed by atoms with Crippen molar-refractivity contribution in [3.63, 3.8) is 0 Å². The third-order valence-corrected chi connectivity index (χ3v) is 9.09. The summed E-state index contributed by atoms with van der Waals surface area (Å²) in [6, 6.07) is 35.6. The topological polar surface area (TPSA) is 140 Å². The molecule has 3 amide bonds. The molecule has 5 unspecified atom stereocenters. The number of ether oxygens (including phenoxy) is 1. The average Bonchev–Trinajstić information content (AvgIpc) is 3.59. The number of rotatable bonds is 15. The summed E-state index contributed by atoms with van der Waals surface area (Å²) in [5.41, 5.74) is 4.84. The van der Waals surface area contributed by atoms with Crippen LogP contribution in [0, 0.1) is 5.92 Å². The van der Waals surface area contributed by atoms with Crippen molar-refractivity contribution in [2.45, 2.75) is 70.2 Å². The van der Waals surface area contributed by atoms with Gasteiger partial charge in [0.15, 0.2) is 12.2 Å². The van der Waals surface area contributed by atoms with Gasteiger partial charge in [0, 0.05) is 32.2 Å². The number of carbonyl (C=O) groups excluding carboxylic acids is 3. The summed E-state index contributed by atoms with van der Waals surface area (Å²) in [7, 11) is 0. The second kappa shape index (κ2) is 18.3. The first kappa shape index (κ1) is 37.2. The second-order valence-corrected chi connectivity index (χ2v) is 13.4. The van der Waals surface area contributed by atoms with Crippen LogP contribution in [0.1, 0.15) is 37.0 Å². The Hall–Kier alpha value is -5.03. The molecule has 0 bridgehead atoms. The molecule has 5 atom stereocenters. The molecule has 4 aromatic carbocycles. The molecule has 0 saturated carbocycles. The Kier molecular flexibility index (Phi) is 13.3. The Morgan fingerprint density at radius 2 is 1.35 bits per heavy atom. The van der Waals surface area contributed by atoms with Crippen LogP contribution >= 0.6 is 0 Å². The van der Waals surface area contributed by atoms with Crippen LogP contribution in [0.3, 0.4) is 0 Å². The Bertz CT molecular complexity index is 1690. The van der Waals surface area contributed by atoms with E-state index in [0.29, 0.717) is 13.0 Å². The maximum atomic E-state index is 13.7. The molecule has 51 heavy (non-hydrogen) atoms. The highest BCUT2D eigenvalue weighted by Gasteiger charge is 2.37. The molecule has 1 aliphatic heterocycles. The van der Waals surface area contributed by atoms with Gasteiger partial charge in [-0.15, -0.1) is 0 Å². The number of aliphatic hydroxyl groups excluding tert-OH is 2. The normalized spacial score (nSPS) is 16.8. The first-order valence-corrected chi connectivity index (χ1v) is 17.5. The van der Waals surface area contributed by atoms with Crippen LogP contribution in [0.5, 0.6) is 0 Å². The Morgan fingerprint density at radius 3 is 1.98 bits per heavy atom. The lowest BCUT2D eigenvalue weighted by Crippen LogP contribution is -2.57. The minimum Gasteiger partial charge on any atom is -0.436 e. The smallest absolute Gasteiger partial charge is 0.408 e. The third-order valence-electron chi connectivity index (χ3n) is 9.09. The summed E-state index contributed by atoms with van der Waals surface area (Å²) in [5, 5.41) is 31.0. The fourth-order valence-corrected chi connectivity index (χ4v) is 6.26. The minimum atomic E-state index is -1.82. The largest absolute Gasteiger partial charge is 0.436 e. The van der Waals surface area contributed by atoms with E-state index >= 15 is 0 Å². The number of alkyl carbamates (subject to hydrolysis) is 1. The molecule has 0 aliphatic carbocycles. The number of nitrogens with zero attached hydrogens (tertiary/aromatic N) is 1. The standard InChI is InChI=1S/C41H48N4O6/c1-28(2)38(51-41(50)42-25-30-12-6-3-7-13-30)40(49)44-35(24-29-18-20-33(21-19-29)32-16-10-5-11-17-32)36(46)37(47)39(48)43-34-22-23-45(27-34)26-31-14-8-4-9-15-31/h3-21,28,34-38,46-47H,22-27H2,1-2H3,(H,42,50)(H,43,48)(H,44,49). The predicted octanol–water partition coefficient (Wildman–Crippen LogP) is 4.44. The van der Waals surface area contributed by atoms with E-state index in [1.807, 2.05) is 103 Å². The van der Waals surface area contributed by atoms with Crippen LogP contribution in [-0.2, 0) is 33.8 Å². The number of hydrogen-bond acceptors (Lipinski definition) is 7. The second-order valence-electron chi connectivity index (χ2n) is 13.4. The van der Waals surface area contributed by atoms with Gasteiger partial charge in [0.1, 0.15) is 6.10 Å². The number of benzene rings is 4. The lowest BCUT2D eigenvalue weighted by molar-refractivity contribution is -0.140. The number of carbonyl (C=O) groups is 3. The number of likely N-dealkylation sites (tertiary alicyclic amines) is 1. The number of nitrogens with one attached hydrogen (secondary N) is 3. The van der Waals surface area contributed by atoms with E-state index in [0.717, 1.165) is 35.3 Å². The summed E-state index contributed by atoms with van der Waals surface area (Å²) < 4.78 is 5.55. The Balaban J connectivity index is 1.25. The fourth-order valence-electron chi connectivity index (χ4n) is 6.26. The zero-order chi connectivity index (χ0) is 36.2. The minimum absolute atomic E-state index is 0.103. The van der Waals surface area contributed by atoms with Crippen LogP contribution in [0.15, 0.2) is 115 Å². The van der Waals surface area contributed by atoms with Gasteiger partial charge in [-0.2, -0.15) is 0 Å². The summed E-state index contributed by atoms with van der Waals surface area (Å²) in [6.07, 6.45) is -4.64. The van der Waals surface area contributed by atoms with Gasteiger partial charge in [-0.25, -0.2) is 4.79 Å². The molecule has 10 nitrogen and oxygen atoms in total. The lowest BCUT2D eigenvalue weighted by atomic mass is 9.94. The molecular formula is C41H48N4O6. The maximum absolute atomic E-state index is 13.7. The summed E-state index contributed by atoms with van der Waals surface area (Å²) in [6.45, 7) is 5.85. The Morgan fingerprint density at radius 1 is 0.765 bits per heavy atom. The lowest BCUT2D eigenvalue weighted by Gasteiger charge is -2.30. The van der Waals surface area contributed by atoms with E-state index in [4.69, 9.17) is 4.74 Å². The van der Waals surface area contributed by atoms with Crippen LogP contribution in [0.25, 0.3) is 11.1 Å². The molecule has 5 N–H and O–H groups in total. The molecule has 5 rings (SSSR count). The molecule has 1 aliphatic rings. The van der Waals surface area contributed by atoms with Gasteiger partial charge in [0.2, 0.25) is 0 Å². The van der Waals surface area contributed by atoms with E-state index < -0.39 is 48.2 Å². The predicted molar refractivity (Wildman–Crippen MR) is 196 cm³/mol. The highest BCUT2D eigenvalue weighted by Crippen LogP contribution is 2.21. The van der Waals surface area contributed by atoms with Gasteiger partial charge < -0.3 is 30.9 Å². The van der Waals surface area contributed by atoms with Crippen molar-refractivity contribution in [1.29, 1.82) is 0 Å². The monoisotopic (exact) mass is 692 g/mol. The Labute approximate surface area is 299 Å². The highest BCUT2D eigenvalue weighted by molar-refractivity contribution is 5.85. The molecule has 268 valence electrons. The molecule has 0 radical (unpaired) electrons.